The lowest BCUT2D eigenvalue weighted by Gasteiger charge is -2.37. The first-order valence-electron chi connectivity index (χ1n) is 8.90. The Balaban J connectivity index is 1.78. The van der Waals surface area contributed by atoms with Gasteiger partial charge in [0.25, 0.3) is 0 Å². The van der Waals surface area contributed by atoms with Crippen LogP contribution in [0.1, 0.15) is 37.8 Å². The molecule has 0 aromatic heterocycles. The van der Waals surface area contributed by atoms with E-state index in [1.54, 1.807) is 12.1 Å². The number of aliphatic carboxylic acids is 1. The number of carbonyl (C=O) groups is 1. The molecule has 7 heteroatoms. The standard InChI is InChI=1S/C20H19FN4O2/c1-11-5-18(15-6-13(9-22)7-16(21)8-15)23-19-17(20(26)27)10-24(25(11)19)12(2)14-3-4-14/h5-8,12,14H,3-4,10H2,1-2H3,(H,26,27)/t12-/m0/s1. The summed E-state index contributed by atoms with van der Waals surface area (Å²) in [5, 5.41) is 22.7. The van der Waals surface area contributed by atoms with Gasteiger partial charge in [0, 0.05) is 17.3 Å². The van der Waals surface area contributed by atoms with E-state index in [2.05, 4.69) is 16.9 Å². The van der Waals surface area contributed by atoms with Crippen LogP contribution in [-0.4, -0.2) is 39.4 Å². The topological polar surface area (TPSA) is 79.9 Å². The van der Waals surface area contributed by atoms with Crippen LogP contribution in [0, 0.1) is 23.1 Å². The highest BCUT2D eigenvalue weighted by Gasteiger charge is 2.43. The first-order chi connectivity index (χ1) is 12.9. The monoisotopic (exact) mass is 366 g/mol. The Morgan fingerprint density at radius 3 is 2.78 bits per heavy atom. The molecule has 0 saturated heterocycles. The minimum absolute atomic E-state index is 0.198. The van der Waals surface area contributed by atoms with Gasteiger partial charge in [0.15, 0.2) is 5.82 Å². The molecule has 1 fully saturated rings. The first kappa shape index (κ1) is 17.4. The number of allylic oxidation sites excluding steroid dienone is 2. The lowest BCUT2D eigenvalue weighted by Crippen LogP contribution is -2.44. The summed E-state index contributed by atoms with van der Waals surface area (Å²) < 4.78 is 13.9. The molecular formula is C20H19FN4O2. The number of fused-ring (bicyclic) bond motifs is 1. The zero-order chi connectivity index (χ0) is 19.3. The molecule has 3 aliphatic rings. The van der Waals surface area contributed by atoms with Crippen molar-refractivity contribution in [3.05, 3.63) is 58.3 Å². The summed E-state index contributed by atoms with van der Waals surface area (Å²) in [6.45, 7) is 4.28. The molecule has 1 atom stereocenters. The maximum absolute atomic E-state index is 13.9. The van der Waals surface area contributed by atoms with Crippen LogP contribution in [0.15, 0.2) is 46.4 Å². The van der Waals surface area contributed by atoms with Gasteiger partial charge in [-0.2, -0.15) is 5.26 Å². The zero-order valence-corrected chi connectivity index (χ0v) is 15.1. The van der Waals surface area contributed by atoms with E-state index >= 15 is 0 Å². The molecule has 0 bridgehead atoms. The van der Waals surface area contributed by atoms with Crippen molar-refractivity contribution in [3.63, 3.8) is 0 Å². The highest BCUT2D eigenvalue weighted by atomic mass is 19.1. The molecule has 0 unspecified atom stereocenters. The molecule has 27 heavy (non-hydrogen) atoms. The third kappa shape index (κ3) is 3.02. The first-order valence-corrected chi connectivity index (χ1v) is 8.90. The summed E-state index contributed by atoms with van der Waals surface area (Å²) in [4.78, 5) is 16.4. The average molecular weight is 366 g/mol. The van der Waals surface area contributed by atoms with Crippen molar-refractivity contribution in [2.75, 3.05) is 6.54 Å². The molecule has 0 radical (unpaired) electrons. The van der Waals surface area contributed by atoms with Crippen LogP contribution in [0.4, 0.5) is 4.39 Å². The molecule has 1 saturated carbocycles. The molecule has 1 aromatic carbocycles. The molecule has 2 aliphatic heterocycles. The quantitative estimate of drug-likeness (QED) is 0.886. The van der Waals surface area contributed by atoms with Gasteiger partial charge < -0.3 is 5.11 Å². The lowest BCUT2D eigenvalue weighted by atomic mass is 10.0. The van der Waals surface area contributed by atoms with E-state index in [1.807, 2.05) is 18.0 Å². The van der Waals surface area contributed by atoms with E-state index < -0.39 is 11.8 Å². The van der Waals surface area contributed by atoms with Crippen molar-refractivity contribution in [2.45, 2.75) is 32.7 Å². The van der Waals surface area contributed by atoms with E-state index in [9.17, 15) is 14.3 Å². The molecule has 4 rings (SSSR count). The number of rotatable bonds is 4. The number of hydrogen-bond acceptors (Lipinski definition) is 5. The van der Waals surface area contributed by atoms with Crippen LogP contribution in [0.5, 0.6) is 0 Å². The predicted octanol–water partition coefficient (Wildman–Crippen LogP) is 3.03. The number of halogens is 1. The van der Waals surface area contributed by atoms with E-state index in [0.717, 1.165) is 24.6 Å². The Bertz CT molecular complexity index is 969. The largest absolute Gasteiger partial charge is 0.478 e. The molecule has 0 spiro atoms. The molecule has 1 N–H and O–H groups in total. The number of nitrogens with zero attached hydrogens (tertiary/aromatic N) is 4. The zero-order valence-electron chi connectivity index (χ0n) is 15.1. The Morgan fingerprint density at radius 2 is 2.15 bits per heavy atom. The minimum Gasteiger partial charge on any atom is -0.478 e. The van der Waals surface area contributed by atoms with Gasteiger partial charge in [-0.15, -0.1) is 0 Å². The van der Waals surface area contributed by atoms with Crippen LogP contribution in [-0.2, 0) is 4.79 Å². The van der Waals surface area contributed by atoms with Gasteiger partial charge in [-0.25, -0.2) is 19.2 Å². The Morgan fingerprint density at radius 1 is 1.41 bits per heavy atom. The fourth-order valence-corrected chi connectivity index (χ4v) is 3.70. The Kier molecular flexibility index (Phi) is 4.08. The molecule has 1 aromatic rings. The number of carboxylic acids is 1. The van der Waals surface area contributed by atoms with Crippen LogP contribution in [0.2, 0.25) is 0 Å². The molecule has 1 aliphatic carbocycles. The maximum atomic E-state index is 13.9. The highest BCUT2D eigenvalue weighted by molar-refractivity contribution is 6.10. The van der Waals surface area contributed by atoms with Crippen molar-refractivity contribution in [3.8, 4) is 6.07 Å². The van der Waals surface area contributed by atoms with Gasteiger partial charge >= 0.3 is 5.97 Å². The normalized spacial score (nSPS) is 20.7. The fourth-order valence-electron chi connectivity index (χ4n) is 3.70. The molecular weight excluding hydrogens is 347 g/mol. The Labute approximate surface area is 156 Å². The summed E-state index contributed by atoms with van der Waals surface area (Å²) in [5.74, 6) is -0.593. The molecule has 0 amide bonds. The van der Waals surface area contributed by atoms with E-state index in [0.29, 0.717) is 23.0 Å². The second kappa shape index (κ2) is 6.32. The van der Waals surface area contributed by atoms with E-state index in [-0.39, 0.29) is 23.7 Å². The van der Waals surface area contributed by atoms with Gasteiger partial charge in [0.1, 0.15) is 5.82 Å². The van der Waals surface area contributed by atoms with Crippen LogP contribution >= 0.6 is 0 Å². The number of aliphatic imine (C=N–C) groups is 1. The van der Waals surface area contributed by atoms with Crippen LogP contribution in [0.25, 0.3) is 0 Å². The molecule has 6 nitrogen and oxygen atoms in total. The summed E-state index contributed by atoms with van der Waals surface area (Å²) in [7, 11) is 0. The molecule has 2 heterocycles. The summed E-state index contributed by atoms with van der Waals surface area (Å²) in [6.07, 6.45) is 4.11. The van der Waals surface area contributed by atoms with Crippen LogP contribution < -0.4 is 0 Å². The smallest absolute Gasteiger partial charge is 0.336 e. The summed E-state index contributed by atoms with van der Waals surface area (Å²) >= 11 is 0. The van der Waals surface area contributed by atoms with E-state index in [1.165, 1.54) is 6.07 Å². The number of nitriles is 1. The second-order valence-corrected chi connectivity index (χ2v) is 7.22. The predicted molar refractivity (Wildman–Crippen MR) is 96.8 cm³/mol. The van der Waals surface area contributed by atoms with Gasteiger partial charge in [-0.3, -0.25) is 5.01 Å². The second-order valence-electron chi connectivity index (χ2n) is 7.22. The Hall–Kier alpha value is -2.98. The lowest BCUT2D eigenvalue weighted by molar-refractivity contribution is -0.132. The summed E-state index contributed by atoms with van der Waals surface area (Å²) in [5.41, 5.74) is 2.15. The van der Waals surface area contributed by atoms with Gasteiger partial charge in [-0.1, -0.05) is 0 Å². The number of benzene rings is 1. The van der Waals surface area contributed by atoms with Crippen molar-refractivity contribution in [1.29, 1.82) is 5.26 Å². The van der Waals surface area contributed by atoms with Crippen molar-refractivity contribution >= 4 is 11.7 Å². The average Bonchev–Trinajstić information content (AvgIpc) is 3.40. The van der Waals surface area contributed by atoms with Crippen molar-refractivity contribution < 1.29 is 14.3 Å². The van der Waals surface area contributed by atoms with Gasteiger partial charge in [0.05, 0.1) is 29.5 Å². The number of hydrogen-bond donors (Lipinski definition) is 1. The van der Waals surface area contributed by atoms with Crippen LogP contribution in [0.3, 0.4) is 0 Å². The van der Waals surface area contributed by atoms with E-state index in [4.69, 9.17) is 5.26 Å². The maximum Gasteiger partial charge on any atom is 0.336 e. The number of hydrazine groups is 1. The fraction of sp³-hybridized carbons (Fsp3) is 0.350. The minimum atomic E-state index is -1.00. The van der Waals surface area contributed by atoms with Gasteiger partial charge in [-0.05, 0) is 56.9 Å². The SMILES string of the molecule is CC1=CC(c2cc(F)cc(C#N)c2)=NC2=C(C(=O)O)CN([C@@H](C)C3CC3)N12. The highest BCUT2D eigenvalue weighted by Crippen LogP contribution is 2.41. The van der Waals surface area contributed by atoms with Crippen molar-refractivity contribution in [1.82, 2.24) is 10.0 Å². The third-order valence-corrected chi connectivity index (χ3v) is 5.31. The van der Waals surface area contributed by atoms with Crippen molar-refractivity contribution in [2.24, 2.45) is 10.9 Å². The summed E-state index contributed by atoms with van der Waals surface area (Å²) in [6, 6.07) is 6.17. The third-order valence-electron chi connectivity index (χ3n) is 5.31. The van der Waals surface area contributed by atoms with Gasteiger partial charge in [0.2, 0.25) is 0 Å². The number of carboxylic acid groups (broad SMARTS) is 1. The molecule has 138 valence electrons.